The highest BCUT2D eigenvalue weighted by Gasteiger charge is 2.30. The number of carboxylic acid groups (broad SMARTS) is 2. The van der Waals surface area contributed by atoms with E-state index in [1.165, 1.54) is 0 Å². The van der Waals surface area contributed by atoms with Crippen LogP contribution in [0.1, 0.15) is 25.7 Å². The van der Waals surface area contributed by atoms with E-state index in [0.29, 0.717) is 19.4 Å². The van der Waals surface area contributed by atoms with Gasteiger partial charge in [0.15, 0.2) is 0 Å². The topological polar surface area (TPSA) is 254 Å². The molecule has 0 spiro atoms. The molecule has 0 fully saturated rings. The molecule has 0 saturated carbocycles. The lowest BCUT2D eigenvalue weighted by Gasteiger charge is -2.24. The van der Waals surface area contributed by atoms with E-state index >= 15 is 0 Å². The molecular weight excluding hydrogens is 406 g/mol. The molecule has 0 aliphatic carbocycles. The molecule has 30 heavy (non-hydrogen) atoms. The number of hydrogen-bond donors (Lipinski definition) is 9. The van der Waals surface area contributed by atoms with Crippen molar-refractivity contribution < 1.29 is 44.4 Å². The van der Waals surface area contributed by atoms with Crippen LogP contribution in [0.3, 0.4) is 0 Å². The van der Waals surface area contributed by atoms with Crippen molar-refractivity contribution in [2.24, 2.45) is 11.5 Å². The monoisotopic (exact) mass is 435 g/mol. The minimum Gasteiger partial charge on any atom is -0.481 e. The second-order valence-corrected chi connectivity index (χ2v) is 6.38. The first-order valence-electron chi connectivity index (χ1n) is 9.10. The highest BCUT2D eigenvalue weighted by Crippen LogP contribution is 2.04. The Labute approximate surface area is 172 Å². The van der Waals surface area contributed by atoms with Crippen LogP contribution < -0.4 is 27.4 Å². The number of aliphatic hydroxyl groups is 2. The van der Waals surface area contributed by atoms with Crippen LogP contribution in [-0.2, 0) is 24.0 Å². The first-order chi connectivity index (χ1) is 14.1. The zero-order valence-electron chi connectivity index (χ0n) is 16.2. The Hall–Kier alpha value is -2.81. The first kappa shape index (κ1) is 27.2. The fourth-order valence-electron chi connectivity index (χ4n) is 2.24. The van der Waals surface area contributed by atoms with Gasteiger partial charge in [0.25, 0.3) is 0 Å². The zero-order chi connectivity index (χ0) is 23.3. The van der Waals surface area contributed by atoms with Gasteiger partial charge in [-0.25, -0.2) is 4.79 Å². The lowest BCUT2D eigenvalue weighted by Crippen LogP contribution is -2.58. The molecular formula is C16H29N5O9. The maximum Gasteiger partial charge on any atom is 0.326 e. The summed E-state index contributed by atoms with van der Waals surface area (Å²) in [6.07, 6.45) is 0.0229. The van der Waals surface area contributed by atoms with Gasteiger partial charge < -0.3 is 47.8 Å². The largest absolute Gasteiger partial charge is 0.481 e. The van der Waals surface area contributed by atoms with E-state index < -0.39 is 73.5 Å². The molecule has 11 N–H and O–H groups in total. The number of aliphatic hydroxyl groups excluding tert-OH is 2. The summed E-state index contributed by atoms with van der Waals surface area (Å²) in [6, 6.07) is -5.82. The Bertz CT molecular complexity index is 616. The number of amides is 3. The summed E-state index contributed by atoms with van der Waals surface area (Å²) in [5.41, 5.74) is 10.7. The van der Waals surface area contributed by atoms with Crippen LogP contribution >= 0.6 is 0 Å². The Morgan fingerprint density at radius 3 is 1.77 bits per heavy atom. The maximum absolute atomic E-state index is 12.4. The van der Waals surface area contributed by atoms with Crippen molar-refractivity contribution in [1.82, 2.24) is 16.0 Å². The fraction of sp³-hybridized carbons (Fsp3) is 0.688. The van der Waals surface area contributed by atoms with Crippen molar-refractivity contribution in [2.75, 3.05) is 19.8 Å². The molecule has 172 valence electrons. The lowest BCUT2D eigenvalue weighted by molar-refractivity contribution is -0.147. The van der Waals surface area contributed by atoms with E-state index in [4.69, 9.17) is 26.8 Å². The normalized spacial score (nSPS) is 14.7. The van der Waals surface area contributed by atoms with Gasteiger partial charge in [-0.05, 0) is 25.8 Å². The summed E-state index contributed by atoms with van der Waals surface area (Å²) in [7, 11) is 0. The number of unbranched alkanes of at least 4 members (excludes halogenated alkanes) is 1. The zero-order valence-corrected chi connectivity index (χ0v) is 16.2. The molecule has 3 amide bonds. The van der Waals surface area contributed by atoms with E-state index in [-0.39, 0.29) is 6.42 Å². The number of aliphatic carboxylic acids is 2. The SMILES string of the molecule is NCCCCC(NC(=O)C(CO)NC(=O)C(N)CO)C(=O)NC(CC(=O)O)C(=O)O. The number of carboxylic acids is 2. The van der Waals surface area contributed by atoms with Gasteiger partial charge in [-0.15, -0.1) is 0 Å². The molecule has 0 aliphatic heterocycles. The van der Waals surface area contributed by atoms with Crippen molar-refractivity contribution in [3.8, 4) is 0 Å². The van der Waals surface area contributed by atoms with E-state index in [1.807, 2.05) is 5.32 Å². The van der Waals surface area contributed by atoms with Gasteiger partial charge in [-0.3, -0.25) is 19.2 Å². The third-order valence-electron chi connectivity index (χ3n) is 3.92. The highest BCUT2D eigenvalue weighted by molar-refractivity contribution is 5.94. The van der Waals surface area contributed by atoms with Gasteiger partial charge >= 0.3 is 11.9 Å². The van der Waals surface area contributed by atoms with Gasteiger partial charge in [-0.2, -0.15) is 0 Å². The molecule has 4 unspecified atom stereocenters. The van der Waals surface area contributed by atoms with Crippen LogP contribution in [-0.4, -0.2) is 94.0 Å². The maximum atomic E-state index is 12.4. The average molecular weight is 435 g/mol. The molecule has 0 saturated heterocycles. The molecule has 14 heteroatoms. The van der Waals surface area contributed by atoms with Crippen LogP contribution in [0.25, 0.3) is 0 Å². The van der Waals surface area contributed by atoms with Crippen molar-refractivity contribution >= 4 is 29.7 Å². The second kappa shape index (κ2) is 14.2. The Morgan fingerprint density at radius 2 is 1.30 bits per heavy atom. The van der Waals surface area contributed by atoms with Crippen molar-refractivity contribution in [1.29, 1.82) is 0 Å². The van der Waals surface area contributed by atoms with Gasteiger partial charge in [-0.1, -0.05) is 0 Å². The molecule has 0 aromatic heterocycles. The molecule has 0 radical (unpaired) electrons. The Kier molecular flexibility index (Phi) is 12.9. The average Bonchev–Trinajstić information content (AvgIpc) is 2.69. The lowest BCUT2D eigenvalue weighted by atomic mass is 10.1. The third-order valence-corrected chi connectivity index (χ3v) is 3.92. The van der Waals surface area contributed by atoms with E-state index in [9.17, 15) is 29.1 Å². The van der Waals surface area contributed by atoms with Gasteiger partial charge in [0, 0.05) is 0 Å². The van der Waals surface area contributed by atoms with E-state index in [1.54, 1.807) is 0 Å². The molecule has 0 aliphatic rings. The van der Waals surface area contributed by atoms with Crippen LogP contribution in [0.5, 0.6) is 0 Å². The van der Waals surface area contributed by atoms with Crippen LogP contribution in [0.4, 0.5) is 0 Å². The molecule has 0 bridgehead atoms. The fourth-order valence-corrected chi connectivity index (χ4v) is 2.24. The van der Waals surface area contributed by atoms with Crippen LogP contribution in [0.2, 0.25) is 0 Å². The van der Waals surface area contributed by atoms with Crippen LogP contribution in [0.15, 0.2) is 0 Å². The minimum absolute atomic E-state index is 0.0381. The summed E-state index contributed by atoms with van der Waals surface area (Å²) in [4.78, 5) is 58.4. The molecule has 0 aromatic rings. The summed E-state index contributed by atoms with van der Waals surface area (Å²) in [6.45, 7) is -1.24. The van der Waals surface area contributed by atoms with E-state index in [0.717, 1.165) is 0 Å². The van der Waals surface area contributed by atoms with Crippen molar-refractivity contribution in [3.63, 3.8) is 0 Å². The molecule has 0 aromatic carbocycles. The molecule has 4 atom stereocenters. The van der Waals surface area contributed by atoms with Crippen molar-refractivity contribution in [3.05, 3.63) is 0 Å². The number of nitrogens with one attached hydrogen (secondary N) is 3. The second-order valence-electron chi connectivity index (χ2n) is 6.38. The van der Waals surface area contributed by atoms with Gasteiger partial charge in [0.1, 0.15) is 24.2 Å². The predicted octanol–water partition coefficient (Wildman–Crippen LogP) is -4.56. The Balaban J connectivity index is 5.26. The number of carbonyl (C=O) groups excluding carboxylic acids is 3. The Morgan fingerprint density at radius 1 is 0.767 bits per heavy atom. The summed E-state index contributed by atoms with van der Waals surface area (Å²) >= 11 is 0. The van der Waals surface area contributed by atoms with E-state index in [2.05, 4.69) is 10.6 Å². The molecule has 0 rings (SSSR count). The smallest absolute Gasteiger partial charge is 0.326 e. The third kappa shape index (κ3) is 10.1. The number of carbonyl (C=O) groups is 5. The molecule has 14 nitrogen and oxygen atoms in total. The summed E-state index contributed by atoms with van der Waals surface area (Å²) in [5.74, 6) is -5.85. The van der Waals surface area contributed by atoms with Crippen LogP contribution in [0, 0.1) is 0 Å². The molecule has 0 heterocycles. The predicted molar refractivity (Wildman–Crippen MR) is 101 cm³/mol. The minimum atomic E-state index is -1.72. The summed E-state index contributed by atoms with van der Waals surface area (Å²) < 4.78 is 0. The summed E-state index contributed by atoms with van der Waals surface area (Å²) in [5, 5.41) is 42.4. The number of rotatable bonds is 15. The number of nitrogens with two attached hydrogens (primary N) is 2. The quantitative estimate of drug-likeness (QED) is 0.111. The number of hydrogen-bond acceptors (Lipinski definition) is 9. The highest BCUT2D eigenvalue weighted by atomic mass is 16.4. The van der Waals surface area contributed by atoms with Gasteiger partial charge in [0.2, 0.25) is 17.7 Å². The first-order valence-corrected chi connectivity index (χ1v) is 9.10. The standard InChI is InChI=1S/C16H29N5O9/c17-4-2-1-3-9(14(27)20-10(16(29)30)5-12(24)25)19-15(28)11(7-23)21-13(26)8(18)6-22/h8-11,22-23H,1-7,17-18H2,(H,19,28)(H,20,27)(H,21,26)(H,24,25)(H,29,30). The van der Waals surface area contributed by atoms with Crippen molar-refractivity contribution in [2.45, 2.75) is 49.9 Å². The van der Waals surface area contributed by atoms with Gasteiger partial charge in [0.05, 0.1) is 19.6 Å².